The molecule has 8 heteroatoms. The molecule has 3 aromatic rings. The summed E-state index contributed by atoms with van der Waals surface area (Å²) in [5.74, 6) is 0.291. The molecule has 0 fully saturated rings. The van der Waals surface area contributed by atoms with Crippen molar-refractivity contribution < 1.29 is 9.53 Å². The van der Waals surface area contributed by atoms with E-state index in [-0.39, 0.29) is 17.8 Å². The Bertz CT molecular complexity index is 1030. The topological polar surface area (TPSA) is 89.9 Å². The van der Waals surface area contributed by atoms with E-state index in [2.05, 4.69) is 25.3 Å². The third kappa shape index (κ3) is 5.00. The summed E-state index contributed by atoms with van der Waals surface area (Å²) in [6.07, 6.45) is 0. The predicted octanol–water partition coefficient (Wildman–Crippen LogP) is 4.48. The van der Waals surface area contributed by atoms with Crippen LogP contribution in [0.25, 0.3) is 10.9 Å². The second-order valence-corrected chi connectivity index (χ2v) is 8.38. The Balaban J connectivity index is 2.05. The molecular weight excluding hydrogens is 386 g/mol. The van der Waals surface area contributed by atoms with Crippen molar-refractivity contribution >= 4 is 34.5 Å². The third-order valence-electron chi connectivity index (χ3n) is 4.05. The molecule has 2 aromatic heterocycles. The van der Waals surface area contributed by atoms with Crippen LogP contribution in [0.2, 0.25) is 0 Å². The second kappa shape index (κ2) is 8.73. The van der Waals surface area contributed by atoms with E-state index in [9.17, 15) is 4.79 Å². The molecule has 0 aliphatic rings. The number of nitrogens with zero attached hydrogens (tertiary/aromatic N) is 4. The van der Waals surface area contributed by atoms with Gasteiger partial charge in [-0.3, -0.25) is 0 Å². The van der Waals surface area contributed by atoms with Crippen LogP contribution in [0.4, 0.5) is 5.82 Å². The fraction of sp³-hybridized carbons (Fsp3) is 0.381. The molecule has 0 atom stereocenters. The summed E-state index contributed by atoms with van der Waals surface area (Å²) in [5.41, 5.74) is 1.35. The molecule has 0 aliphatic carbocycles. The van der Waals surface area contributed by atoms with Crippen molar-refractivity contribution in [1.29, 1.82) is 0 Å². The minimum Gasteiger partial charge on any atom is -0.460 e. The first-order valence-corrected chi connectivity index (χ1v) is 10.4. The van der Waals surface area contributed by atoms with Gasteiger partial charge in [0.15, 0.2) is 5.16 Å². The number of rotatable bonds is 6. The highest BCUT2D eigenvalue weighted by atomic mass is 32.2. The normalized spacial score (nSPS) is 11.5. The van der Waals surface area contributed by atoms with Crippen molar-refractivity contribution in [2.75, 3.05) is 18.5 Å². The molecule has 152 valence electrons. The first kappa shape index (κ1) is 21.0. The maximum absolute atomic E-state index is 12.2. The van der Waals surface area contributed by atoms with Crippen LogP contribution in [-0.2, 0) is 10.2 Å². The van der Waals surface area contributed by atoms with E-state index in [1.165, 1.54) is 11.8 Å². The van der Waals surface area contributed by atoms with Crippen molar-refractivity contribution in [1.82, 2.24) is 19.9 Å². The fourth-order valence-corrected chi connectivity index (χ4v) is 3.42. The van der Waals surface area contributed by atoms with Crippen LogP contribution in [0.3, 0.4) is 0 Å². The highest BCUT2D eigenvalue weighted by Gasteiger charge is 2.22. The van der Waals surface area contributed by atoms with Crippen LogP contribution >= 0.6 is 11.8 Å². The maximum atomic E-state index is 12.2. The van der Waals surface area contributed by atoms with E-state index in [1.54, 1.807) is 6.92 Å². The summed E-state index contributed by atoms with van der Waals surface area (Å²) < 4.78 is 5.10. The van der Waals surface area contributed by atoms with Gasteiger partial charge < -0.3 is 10.1 Å². The van der Waals surface area contributed by atoms with Gasteiger partial charge in [-0.1, -0.05) is 32.9 Å². The molecule has 0 amide bonds. The number of para-hydroxylation sites is 1. The minimum atomic E-state index is -0.534. The summed E-state index contributed by atoms with van der Waals surface area (Å²) in [7, 11) is 0. The molecule has 0 saturated heterocycles. The number of fused-ring (bicyclic) bond motifs is 1. The van der Waals surface area contributed by atoms with Crippen molar-refractivity contribution in [2.45, 2.75) is 50.2 Å². The lowest BCUT2D eigenvalue weighted by Crippen LogP contribution is -2.19. The molecular formula is C21H25N5O2S. The Morgan fingerprint density at radius 3 is 2.55 bits per heavy atom. The minimum absolute atomic E-state index is 0.0504. The molecule has 0 bridgehead atoms. The predicted molar refractivity (Wildman–Crippen MR) is 115 cm³/mol. The van der Waals surface area contributed by atoms with Crippen molar-refractivity contribution in [3.05, 3.63) is 41.9 Å². The van der Waals surface area contributed by atoms with Crippen LogP contribution < -0.4 is 5.32 Å². The van der Waals surface area contributed by atoms with Gasteiger partial charge in [0.25, 0.3) is 0 Å². The van der Waals surface area contributed by atoms with Crippen molar-refractivity contribution in [3.8, 4) is 0 Å². The van der Waals surface area contributed by atoms with E-state index in [4.69, 9.17) is 4.74 Å². The van der Waals surface area contributed by atoms with Crippen LogP contribution in [-0.4, -0.2) is 39.1 Å². The molecule has 7 nitrogen and oxygen atoms in total. The molecule has 29 heavy (non-hydrogen) atoms. The summed E-state index contributed by atoms with van der Waals surface area (Å²) in [5, 5.41) is 5.40. The molecule has 3 rings (SSSR count). The van der Waals surface area contributed by atoms with Gasteiger partial charge in [0.05, 0.1) is 17.8 Å². The van der Waals surface area contributed by atoms with Crippen LogP contribution in [0.5, 0.6) is 0 Å². The highest BCUT2D eigenvalue weighted by Crippen LogP contribution is 2.30. The fourth-order valence-electron chi connectivity index (χ4n) is 2.65. The van der Waals surface area contributed by atoms with Gasteiger partial charge in [0, 0.05) is 17.3 Å². The number of anilines is 1. The Hall–Kier alpha value is -2.74. The summed E-state index contributed by atoms with van der Waals surface area (Å²) in [4.78, 5) is 30.4. The van der Waals surface area contributed by atoms with Gasteiger partial charge in [-0.05, 0) is 43.8 Å². The van der Waals surface area contributed by atoms with Gasteiger partial charge >= 0.3 is 5.97 Å². The number of esters is 1. The summed E-state index contributed by atoms with van der Waals surface area (Å²) in [6, 6.07) is 9.72. The number of carbonyl (C=O) groups is 1. The lowest BCUT2D eigenvalue weighted by atomic mass is 9.92. The lowest BCUT2D eigenvalue weighted by molar-refractivity contribution is 0.0510. The molecule has 0 saturated carbocycles. The average Bonchev–Trinajstić information content (AvgIpc) is 2.67. The quantitative estimate of drug-likeness (QED) is 0.361. The van der Waals surface area contributed by atoms with E-state index >= 15 is 0 Å². The van der Waals surface area contributed by atoms with Gasteiger partial charge in [-0.15, -0.1) is 0 Å². The smallest absolute Gasteiger partial charge is 0.376 e. The standard InChI is InChI=1S/C21H25N5O2S/c1-6-22-17-13-10-8-9-11-14(13)23-20(26-17)29-16-12-15(21(3,4)5)24-18(25-16)19(27)28-7-2/h8-12H,6-7H2,1-5H3,(H,22,23,26). The number of aromatic nitrogens is 4. The number of ether oxygens (including phenoxy) is 1. The zero-order valence-corrected chi connectivity index (χ0v) is 18.1. The Kier molecular flexibility index (Phi) is 6.32. The summed E-state index contributed by atoms with van der Waals surface area (Å²) >= 11 is 1.30. The monoisotopic (exact) mass is 411 g/mol. The van der Waals surface area contributed by atoms with Gasteiger partial charge in [0.2, 0.25) is 5.82 Å². The number of carbonyl (C=O) groups excluding carboxylic acids is 1. The molecule has 0 unspecified atom stereocenters. The molecule has 1 N–H and O–H groups in total. The largest absolute Gasteiger partial charge is 0.460 e. The number of hydrogen-bond acceptors (Lipinski definition) is 8. The van der Waals surface area contributed by atoms with Gasteiger partial charge in [-0.25, -0.2) is 24.7 Å². The molecule has 0 aliphatic heterocycles. The van der Waals surface area contributed by atoms with E-state index in [1.807, 2.05) is 58.0 Å². The van der Waals surface area contributed by atoms with Gasteiger partial charge in [-0.2, -0.15) is 0 Å². The Morgan fingerprint density at radius 1 is 1.10 bits per heavy atom. The zero-order chi connectivity index (χ0) is 21.0. The Labute approximate surface area is 174 Å². The number of nitrogens with one attached hydrogen (secondary N) is 1. The summed E-state index contributed by atoms with van der Waals surface area (Å²) in [6.45, 7) is 10.9. The third-order valence-corrected chi connectivity index (χ3v) is 4.84. The molecule has 1 aromatic carbocycles. The molecule has 0 spiro atoms. The van der Waals surface area contributed by atoms with Crippen molar-refractivity contribution in [2.24, 2.45) is 0 Å². The van der Waals surface area contributed by atoms with Gasteiger partial charge in [0.1, 0.15) is 10.8 Å². The average molecular weight is 412 g/mol. The maximum Gasteiger partial charge on any atom is 0.376 e. The molecule has 0 radical (unpaired) electrons. The molecule has 2 heterocycles. The van der Waals surface area contributed by atoms with E-state index < -0.39 is 5.97 Å². The Morgan fingerprint density at radius 2 is 1.86 bits per heavy atom. The zero-order valence-electron chi connectivity index (χ0n) is 17.3. The lowest BCUT2D eigenvalue weighted by Gasteiger charge is -2.19. The van der Waals surface area contributed by atoms with Crippen LogP contribution in [0.1, 0.15) is 50.9 Å². The highest BCUT2D eigenvalue weighted by molar-refractivity contribution is 7.99. The van der Waals surface area contributed by atoms with Crippen LogP contribution in [0, 0.1) is 0 Å². The SMILES string of the molecule is CCNc1nc(Sc2cc(C(C)(C)C)nc(C(=O)OCC)n2)nc2ccccc12. The van der Waals surface area contributed by atoms with E-state index in [0.717, 1.165) is 29.0 Å². The number of benzene rings is 1. The van der Waals surface area contributed by atoms with Crippen molar-refractivity contribution in [3.63, 3.8) is 0 Å². The second-order valence-electron chi connectivity index (χ2n) is 7.39. The van der Waals surface area contributed by atoms with Crippen LogP contribution in [0.15, 0.2) is 40.5 Å². The van der Waals surface area contributed by atoms with E-state index in [0.29, 0.717) is 10.2 Å². The first-order chi connectivity index (χ1) is 13.8. The first-order valence-electron chi connectivity index (χ1n) is 9.57. The number of hydrogen-bond donors (Lipinski definition) is 1.